The van der Waals surface area contributed by atoms with Crippen LogP contribution in [-0.2, 0) is 27.2 Å². The zero-order valence-corrected chi connectivity index (χ0v) is 16.5. The van der Waals surface area contributed by atoms with Gasteiger partial charge < -0.3 is 20.0 Å². The molecule has 6 nitrogen and oxygen atoms in total. The summed E-state index contributed by atoms with van der Waals surface area (Å²) in [6.45, 7) is 2.27. The maximum atomic E-state index is 12.8. The van der Waals surface area contributed by atoms with Gasteiger partial charge in [0, 0.05) is 22.7 Å². The molecule has 0 radical (unpaired) electrons. The summed E-state index contributed by atoms with van der Waals surface area (Å²) in [7, 11) is 0. The SMILES string of the molecule is CCCOC(=O)c1c(NC(=O)[C@@H]2CCCC[C@@H]2C(=O)[O-])sc2c1CCCC2. The number of ether oxygens (including phenoxy) is 1. The van der Waals surface area contributed by atoms with Crippen LogP contribution in [-0.4, -0.2) is 24.5 Å². The van der Waals surface area contributed by atoms with Crippen LogP contribution in [0, 0.1) is 11.8 Å². The number of carbonyl (C=O) groups is 3. The predicted octanol–water partition coefficient (Wildman–Crippen LogP) is 2.69. The van der Waals surface area contributed by atoms with Crippen molar-refractivity contribution in [2.75, 3.05) is 11.9 Å². The van der Waals surface area contributed by atoms with Crippen LogP contribution in [0.2, 0.25) is 0 Å². The molecule has 7 heteroatoms. The van der Waals surface area contributed by atoms with E-state index >= 15 is 0 Å². The molecular formula is C20H26NO5S-. The summed E-state index contributed by atoms with van der Waals surface area (Å²) >= 11 is 1.43. The van der Waals surface area contributed by atoms with Crippen molar-refractivity contribution in [2.24, 2.45) is 11.8 Å². The van der Waals surface area contributed by atoms with Crippen molar-refractivity contribution in [2.45, 2.75) is 64.7 Å². The molecule has 1 N–H and O–H groups in total. The molecule has 1 fully saturated rings. The molecule has 2 aliphatic carbocycles. The molecule has 148 valence electrons. The smallest absolute Gasteiger partial charge is 0.341 e. The standard InChI is InChI=1S/C20H27NO5S/c1-2-11-26-20(25)16-14-9-5-6-10-15(14)27-18(16)21-17(22)12-7-3-4-8-13(12)19(23)24/h12-13H,2-11H2,1H3,(H,21,22)(H,23,24)/p-1/t12-,13+/m1/s1. The summed E-state index contributed by atoms with van der Waals surface area (Å²) in [6.07, 6.45) is 7.14. The van der Waals surface area contributed by atoms with Crippen LogP contribution in [0.15, 0.2) is 0 Å². The normalized spacial score (nSPS) is 22.0. The fraction of sp³-hybridized carbons (Fsp3) is 0.650. The Kier molecular flexibility index (Phi) is 6.52. The molecule has 2 aliphatic rings. The largest absolute Gasteiger partial charge is 0.550 e. The summed E-state index contributed by atoms with van der Waals surface area (Å²) in [5.41, 5.74) is 1.46. The lowest BCUT2D eigenvalue weighted by Crippen LogP contribution is -2.42. The number of carbonyl (C=O) groups excluding carboxylic acids is 3. The molecule has 27 heavy (non-hydrogen) atoms. The molecule has 1 amide bonds. The number of anilines is 1. The van der Waals surface area contributed by atoms with Gasteiger partial charge in [0.2, 0.25) is 5.91 Å². The Balaban J connectivity index is 1.85. The maximum absolute atomic E-state index is 12.8. The van der Waals surface area contributed by atoms with E-state index in [4.69, 9.17) is 4.74 Å². The van der Waals surface area contributed by atoms with Gasteiger partial charge in [-0.15, -0.1) is 11.3 Å². The maximum Gasteiger partial charge on any atom is 0.341 e. The van der Waals surface area contributed by atoms with Crippen molar-refractivity contribution in [3.63, 3.8) is 0 Å². The summed E-state index contributed by atoms with van der Waals surface area (Å²) in [6, 6.07) is 0. The topological polar surface area (TPSA) is 95.5 Å². The van der Waals surface area contributed by atoms with Crippen molar-refractivity contribution in [3.05, 3.63) is 16.0 Å². The van der Waals surface area contributed by atoms with E-state index in [9.17, 15) is 19.5 Å². The van der Waals surface area contributed by atoms with E-state index in [1.807, 2.05) is 6.92 Å². The molecule has 1 saturated carbocycles. The average molecular weight is 392 g/mol. The van der Waals surface area contributed by atoms with E-state index in [1.54, 1.807) is 0 Å². The number of hydrogen-bond acceptors (Lipinski definition) is 6. The van der Waals surface area contributed by atoms with Gasteiger partial charge in [-0.3, -0.25) is 4.79 Å². The molecule has 1 heterocycles. The van der Waals surface area contributed by atoms with Gasteiger partial charge in [0.1, 0.15) is 5.00 Å². The lowest BCUT2D eigenvalue weighted by Gasteiger charge is -2.31. The van der Waals surface area contributed by atoms with Crippen molar-refractivity contribution < 1.29 is 24.2 Å². The van der Waals surface area contributed by atoms with Crippen LogP contribution in [0.3, 0.4) is 0 Å². The Labute approximate surface area is 163 Å². The minimum Gasteiger partial charge on any atom is -0.550 e. The van der Waals surface area contributed by atoms with Crippen molar-refractivity contribution in [3.8, 4) is 0 Å². The molecule has 0 aromatic carbocycles. The second kappa shape index (κ2) is 8.87. The first-order valence-electron chi connectivity index (χ1n) is 9.86. The molecular weight excluding hydrogens is 366 g/mol. The zero-order valence-electron chi connectivity index (χ0n) is 15.7. The molecule has 0 saturated heterocycles. The van der Waals surface area contributed by atoms with E-state index in [0.717, 1.165) is 55.4 Å². The van der Waals surface area contributed by atoms with Crippen molar-refractivity contribution >= 4 is 34.2 Å². The Hall–Kier alpha value is -1.89. The summed E-state index contributed by atoms with van der Waals surface area (Å²) in [5, 5.41) is 14.8. The van der Waals surface area contributed by atoms with Crippen molar-refractivity contribution in [1.82, 2.24) is 0 Å². The first-order valence-corrected chi connectivity index (χ1v) is 10.7. The minimum atomic E-state index is -1.16. The fourth-order valence-corrected chi connectivity index (χ4v) is 5.35. The van der Waals surface area contributed by atoms with Crippen LogP contribution in [0.4, 0.5) is 5.00 Å². The van der Waals surface area contributed by atoms with Gasteiger partial charge in [0.15, 0.2) is 0 Å². The lowest BCUT2D eigenvalue weighted by atomic mass is 9.78. The highest BCUT2D eigenvalue weighted by Crippen LogP contribution is 2.39. The number of esters is 1. The lowest BCUT2D eigenvalue weighted by molar-refractivity contribution is -0.313. The third kappa shape index (κ3) is 4.34. The van der Waals surface area contributed by atoms with Gasteiger partial charge in [-0.1, -0.05) is 19.8 Å². The highest BCUT2D eigenvalue weighted by molar-refractivity contribution is 7.17. The van der Waals surface area contributed by atoms with E-state index in [-0.39, 0.29) is 5.91 Å². The van der Waals surface area contributed by atoms with Crippen LogP contribution < -0.4 is 10.4 Å². The quantitative estimate of drug-likeness (QED) is 0.751. The molecule has 0 aliphatic heterocycles. The van der Waals surface area contributed by atoms with E-state index < -0.39 is 23.8 Å². The van der Waals surface area contributed by atoms with Gasteiger partial charge in [-0.25, -0.2) is 4.79 Å². The number of aryl methyl sites for hydroxylation is 1. The van der Waals surface area contributed by atoms with Crippen LogP contribution in [0.25, 0.3) is 0 Å². The molecule has 3 rings (SSSR count). The van der Waals surface area contributed by atoms with Crippen LogP contribution in [0.5, 0.6) is 0 Å². The summed E-state index contributed by atoms with van der Waals surface area (Å²) < 4.78 is 5.34. The number of hydrogen-bond donors (Lipinski definition) is 1. The Morgan fingerprint density at radius 1 is 1.11 bits per heavy atom. The first kappa shape index (κ1) is 19.9. The monoisotopic (exact) mass is 392 g/mol. The highest BCUT2D eigenvalue weighted by atomic mass is 32.1. The third-order valence-electron chi connectivity index (χ3n) is 5.45. The second-order valence-corrected chi connectivity index (χ2v) is 8.46. The fourth-order valence-electron chi connectivity index (χ4n) is 4.07. The highest BCUT2D eigenvalue weighted by Gasteiger charge is 2.34. The van der Waals surface area contributed by atoms with E-state index in [1.165, 1.54) is 11.3 Å². The molecule has 1 aromatic rings. The van der Waals surface area contributed by atoms with E-state index in [2.05, 4.69) is 5.32 Å². The zero-order chi connectivity index (χ0) is 19.4. The molecule has 1 aromatic heterocycles. The third-order valence-corrected chi connectivity index (χ3v) is 6.66. The van der Waals surface area contributed by atoms with Crippen LogP contribution in [0.1, 0.15) is 72.7 Å². The predicted molar refractivity (Wildman–Crippen MR) is 101 cm³/mol. The number of rotatable bonds is 6. The Morgan fingerprint density at radius 3 is 2.52 bits per heavy atom. The number of amides is 1. The number of carboxylic acid groups (broad SMARTS) is 1. The number of carboxylic acids is 1. The van der Waals surface area contributed by atoms with Gasteiger partial charge >= 0.3 is 5.97 Å². The molecule has 0 unspecified atom stereocenters. The number of thiophene rings is 1. The molecule has 0 spiro atoms. The van der Waals surface area contributed by atoms with Gasteiger partial charge in [0.25, 0.3) is 0 Å². The average Bonchev–Trinajstić information content (AvgIpc) is 3.03. The first-order chi connectivity index (χ1) is 13.0. The Morgan fingerprint density at radius 2 is 1.81 bits per heavy atom. The second-order valence-electron chi connectivity index (χ2n) is 7.36. The van der Waals surface area contributed by atoms with Gasteiger partial charge in [-0.2, -0.15) is 0 Å². The Bertz CT molecular complexity index is 726. The number of fused-ring (bicyclic) bond motifs is 1. The van der Waals surface area contributed by atoms with E-state index in [0.29, 0.717) is 30.0 Å². The summed E-state index contributed by atoms with van der Waals surface area (Å²) in [5.74, 6) is -3.26. The number of nitrogens with one attached hydrogen (secondary N) is 1. The van der Waals surface area contributed by atoms with Gasteiger partial charge in [0.05, 0.1) is 12.2 Å². The van der Waals surface area contributed by atoms with Crippen LogP contribution >= 0.6 is 11.3 Å². The van der Waals surface area contributed by atoms with Crippen molar-refractivity contribution in [1.29, 1.82) is 0 Å². The van der Waals surface area contributed by atoms with Gasteiger partial charge in [-0.05, 0) is 50.5 Å². The minimum absolute atomic E-state index is 0.327. The number of aliphatic carboxylic acids is 1. The molecule has 2 atom stereocenters. The summed E-state index contributed by atoms with van der Waals surface area (Å²) in [4.78, 5) is 38.0. The molecule has 0 bridgehead atoms.